The van der Waals surface area contributed by atoms with Crippen LogP contribution >= 0.6 is 0 Å². The van der Waals surface area contributed by atoms with Gasteiger partial charge in [0.25, 0.3) is 0 Å². The SMILES string of the molecule is CCCN(CCC)CCC(=O)Nc1ccc2c(c1)C(=O)c1ccc(NC(=O)CCN(CCC)CCC)cc1C2=O. The van der Waals surface area contributed by atoms with Gasteiger partial charge in [-0.2, -0.15) is 0 Å². The van der Waals surface area contributed by atoms with Gasteiger partial charge in [-0.15, -0.1) is 0 Å². The van der Waals surface area contributed by atoms with Crippen LogP contribution in [0.15, 0.2) is 36.4 Å². The maximum Gasteiger partial charge on any atom is 0.225 e. The van der Waals surface area contributed by atoms with E-state index in [1.54, 1.807) is 36.4 Å². The molecule has 0 aromatic heterocycles. The second-order valence-corrected chi connectivity index (χ2v) is 10.5. The Morgan fingerprint density at radius 2 is 0.900 bits per heavy atom. The quantitative estimate of drug-likeness (QED) is 0.250. The molecular weight excluding hydrogens is 504 g/mol. The minimum atomic E-state index is -0.273. The van der Waals surface area contributed by atoms with Crippen molar-refractivity contribution in [3.05, 3.63) is 58.7 Å². The fourth-order valence-electron chi connectivity index (χ4n) is 5.21. The zero-order valence-corrected chi connectivity index (χ0v) is 24.5. The number of hydrogen-bond donors (Lipinski definition) is 2. The molecule has 0 saturated carbocycles. The zero-order chi connectivity index (χ0) is 29.1. The van der Waals surface area contributed by atoms with Crippen LogP contribution in [0.25, 0.3) is 0 Å². The van der Waals surface area contributed by atoms with Crippen LogP contribution in [-0.2, 0) is 9.59 Å². The smallest absolute Gasteiger partial charge is 0.225 e. The van der Waals surface area contributed by atoms with E-state index in [4.69, 9.17) is 0 Å². The van der Waals surface area contributed by atoms with Crippen LogP contribution in [0.3, 0.4) is 0 Å². The Morgan fingerprint density at radius 1 is 0.550 bits per heavy atom. The fraction of sp³-hybridized carbons (Fsp3) is 0.500. The summed E-state index contributed by atoms with van der Waals surface area (Å²) in [6.45, 7) is 13.7. The predicted octanol–water partition coefficient (Wildman–Crippen LogP) is 5.36. The molecule has 1 aliphatic rings. The molecule has 3 rings (SSSR count). The summed E-state index contributed by atoms with van der Waals surface area (Å²) in [6, 6.07) is 9.67. The summed E-state index contributed by atoms with van der Waals surface area (Å²) >= 11 is 0. The van der Waals surface area contributed by atoms with Gasteiger partial charge in [-0.25, -0.2) is 0 Å². The molecule has 0 fully saturated rings. The van der Waals surface area contributed by atoms with E-state index >= 15 is 0 Å². The Kier molecular flexibility index (Phi) is 12.0. The lowest BCUT2D eigenvalue weighted by Crippen LogP contribution is -2.29. The monoisotopic (exact) mass is 548 g/mol. The number of nitrogens with one attached hydrogen (secondary N) is 2. The third kappa shape index (κ3) is 8.32. The van der Waals surface area contributed by atoms with Crippen LogP contribution in [-0.4, -0.2) is 72.4 Å². The highest BCUT2D eigenvalue weighted by atomic mass is 16.2. The van der Waals surface area contributed by atoms with E-state index in [0.29, 0.717) is 48.4 Å². The summed E-state index contributed by atoms with van der Waals surface area (Å²) in [5, 5.41) is 5.75. The lowest BCUT2D eigenvalue weighted by atomic mass is 9.83. The molecule has 2 N–H and O–H groups in total. The third-order valence-electron chi connectivity index (χ3n) is 7.05. The van der Waals surface area contributed by atoms with Crippen LogP contribution in [0, 0.1) is 0 Å². The molecule has 1 aliphatic carbocycles. The van der Waals surface area contributed by atoms with Gasteiger partial charge in [0, 0.05) is 59.6 Å². The molecule has 2 amide bonds. The zero-order valence-electron chi connectivity index (χ0n) is 24.5. The summed E-state index contributed by atoms with van der Waals surface area (Å²) in [6.07, 6.45) is 4.86. The van der Waals surface area contributed by atoms with Crippen LogP contribution in [0.5, 0.6) is 0 Å². The summed E-state index contributed by atoms with van der Waals surface area (Å²) < 4.78 is 0. The minimum Gasteiger partial charge on any atom is -0.326 e. The minimum absolute atomic E-state index is 0.125. The molecule has 0 atom stereocenters. The third-order valence-corrected chi connectivity index (χ3v) is 7.05. The first-order valence-electron chi connectivity index (χ1n) is 14.7. The first kappa shape index (κ1) is 31.2. The van der Waals surface area contributed by atoms with Gasteiger partial charge in [0.2, 0.25) is 11.8 Å². The maximum atomic E-state index is 13.3. The molecule has 8 nitrogen and oxygen atoms in total. The Labute approximate surface area is 238 Å². The van der Waals surface area contributed by atoms with Gasteiger partial charge in [0.15, 0.2) is 11.6 Å². The number of rotatable bonds is 16. The van der Waals surface area contributed by atoms with Crippen LogP contribution < -0.4 is 10.6 Å². The lowest BCUT2D eigenvalue weighted by Gasteiger charge is -2.21. The molecule has 0 unspecified atom stereocenters. The summed E-state index contributed by atoms with van der Waals surface area (Å²) in [7, 11) is 0. The van der Waals surface area contributed by atoms with Gasteiger partial charge in [-0.05, 0) is 88.3 Å². The first-order valence-corrected chi connectivity index (χ1v) is 14.7. The molecular formula is C32H44N4O4. The van der Waals surface area contributed by atoms with Gasteiger partial charge in [-0.1, -0.05) is 27.7 Å². The molecule has 40 heavy (non-hydrogen) atoms. The fourth-order valence-corrected chi connectivity index (χ4v) is 5.21. The van der Waals surface area contributed by atoms with Crippen LogP contribution in [0.1, 0.15) is 98.1 Å². The normalized spacial score (nSPS) is 12.4. The van der Waals surface area contributed by atoms with Crippen LogP contribution in [0.4, 0.5) is 11.4 Å². The second-order valence-electron chi connectivity index (χ2n) is 10.5. The van der Waals surface area contributed by atoms with E-state index < -0.39 is 0 Å². The summed E-state index contributed by atoms with van der Waals surface area (Å²) in [4.78, 5) is 56.4. The molecule has 2 aromatic carbocycles. The van der Waals surface area contributed by atoms with Crippen molar-refractivity contribution in [2.24, 2.45) is 0 Å². The average molecular weight is 549 g/mol. The van der Waals surface area contributed by atoms with Crippen molar-refractivity contribution in [2.75, 3.05) is 49.9 Å². The number of amides is 2. The Balaban J connectivity index is 1.66. The number of benzene rings is 2. The van der Waals surface area contributed by atoms with Gasteiger partial charge in [-0.3, -0.25) is 19.2 Å². The van der Waals surface area contributed by atoms with E-state index in [9.17, 15) is 19.2 Å². The van der Waals surface area contributed by atoms with Crippen LogP contribution in [0.2, 0.25) is 0 Å². The van der Waals surface area contributed by atoms with E-state index in [1.165, 1.54) is 0 Å². The van der Waals surface area contributed by atoms with Crippen molar-refractivity contribution in [3.8, 4) is 0 Å². The highest BCUT2D eigenvalue weighted by Gasteiger charge is 2.30. The topological polar surface area (TPSA) is 98.8 Å². The number of fused-ring (bicyclic) bond motifs is 2. The Morgan fingerprint density at radius 3 is 1.23 bits per heavy atom. The highest BCUT2D eigenvalue weighted by Crippen LogP contribution is 2.31. The Hall–Kier alpha value is -3.36. The molecule has 0 spiro atoms. The van der Waals surface area contributed by atoms with Gasteiger partial charge in [0.05, 0.1) is 0 Å². The second kappa shape index (κ2) is 15.4. The number of carbonyl (C=O) groups is 4. The van der Waals surface area contributed by atoms with E-state index in [1.807, 2.05) is 0 Å². The molecule has 0 bridgehead atoms. The molecule has 216 valence electrons. The van der Waals surface area contributed by atoms with Crippen molar-refractivity contribution in [3.63, 3.8) is 0 Å². The van der Waals surface area contributed by atoms with Crippen molar-refractivity contribution in [1.29, 1.82) is 0 Å². The van der Waals surface area contributed by atoms with E-state index in [0.717, 1.165) is 51.9 Å². The van der Waals surface area contributed by atoms with Crippen molar-refractivity contribution in [1.82, 2.24) is 9.80 Å². The number of carbonyl (C=O) groups excluding carboxylic acids is 4. The Bertz CT molecular complexity index is 1100. The molecule has 8 heteroatoms. The number of nitrogens with zero attached hydrogens (tertiary/aromatic N) is 2. The predicted molar refractivity (Wildman–Crippen MR) is 160 cm³/mol. The molecule has 0 aliphatic heterocycles. The molecule has 0 radical (unpaired) electrons. The van der Waals surface area contributed by atoms with E-state index in [2.05, 4.69) is 48.1 Å². The first-order chi connectivity index (χ1) is 19.3. The number of anilines is 2. The molecule has 0 saturated heterocycles. The summed E-state index contributed by atoms with van der Waals surface area (Å²) in [5.74, 6) is -0.795. The van der Waals surface area contributed by atoms with Gasteiger partial charge < -0.3 is 20.4 Å². The highest BCUT2D eigenvalue weighted by molar-refractivity contribution is 6.29. The largest absolute Gasteiger partial charge is 0.326 e. The van der Waals surface area contributed by atoms with Crippen molar-refractivity contribution >= 4 is 34.8 Å². The van der Waals surface area contributed by atoms with Crippen molar-refractivity contribution < 1.29 is 19.2 Å². The lowest BCUT2D eigenvalue weighted by molar-refractivity contribution is -0.117. The standard InChI is InChI=1S/C32H44N4O4/c1-5-15-35(16-6-2)19-13-29(37)33-23-9-11-25-27(21-23)31(39)26-12-10-24(22-28(26)32(25)40)34-30(38)14-20-36(17-7-3)18-8-4/h9-12,21-22H,5-8,13-20H2,1-4H3,(H,33,37)(H,34,38). The number of hydrogen-bond acceptors (Lipinski definition) is 6. The molecule has 0 heterocycles. The van der Waals surface area contributed by atoms with E-state index in [-0.39, 0.29) is 34.5 Å². The molecule has 2 aromatic rings. The van der Waals surface area contributed by atoms with Gasteiger partial charge >= 0.3 is 0 Å². The van der Waals surface area contributed by atoms with Gasteiger partial charge in [0.1, 0.15) is 0 Å². The summed E-state index contributed by atoms with van der Waals surface area (Å²) in [5.41, 5.74) is 2.14. The number of ketones is 2. The van der Waals surface area contributed by atoms with Crippen molar-refractivity contribution in [2.45, 2.75) is 66.2 Å². The maximum absolute atomic E-state index is 13.3. The average Bonchev–Trinajstić information content (AvgIpc) is 2.94.